The van der Waals surface area contributed by atoms with E-state index in [9.17, 15) is 4.79 Å². The number of H-pyrrole nitrogens is 1. The predicted octanol–water partition coefficient (Wildman–Crippen LogP) is -0.0105. The molecule has 0 aliphatic heterocycles. The van der Waals surface area contributed by atoms with E-state index in [1.165, 1.54) is 0 Å². The zero-order valence-corrected chi connectivity index (χ0v) is 11.3. The van der Waals surface area contributed by atoms with Gasteiger partial charge in [-0.05, 0) is 0 Å². The molecule has 3 rings (SSSR count). The lowest BCUT2D eigenvalue weighted by atomic mass is 10.5. The monoisotopic (exact) mass is 273 g/mol. The number of hydrogen-bond donors (Lipinski definition) is 1. The normalized spacial score (nSPS) is 11.1. The summed E-state index contributed by atoms with van der Waals surface area (Å²) in [6.45, 7) is 1.47. The van der Waals surface area contributed by atoms with Gasteiger partial charge in [0.2, 0.25) is 5.95 Å². The van der Waals surface area contributed by atoms with Crippen molar-refractivity contribution in [3.05, 3.63) is 35.4 Å². The van der Waals surface area contributed by atoms with Crippen molar-refractivity contribution >= 4 is 17.1 Å². The summed E-state index contributed by atoms with van der Waals surface area (Å²) in [5.74, 6) is 0.515. The summed E-state index contributed by atoms with van der Waals surface area (Å²) in [5, 5.41) is 0. The average molecular weight is 273 g/mol. The number of hydrogen-bond acceptors (Lipinski definition) is 5. The van der Waals surface area contributed by atoms with Crippen LogP contribution >= 0.6 is 0 Å². The number of aromatic amines is 1. The summed E-state index contributed by atoms with van der Waals surface area (Å²) < 4.78 is 3.63. The Morgan fingerprint density at radius 2 is 2.25 bits per heavy atom. The standard InChI is InChI=1S/C12H15N7O/c1-17(5-6-19-4-3-13-7-19)12-15-10-9(11(20)16-12)18(2)8-14-10/h3-4,7-8H,5-6H2,1-2H3,(H,15,16,20). The second-order valence-corrected chi connectivity index (χ2v) is 4.64. The van der Waals surface area contributed by atoms with Crippen LogP contribution < -0.4 is 10.5 Å². The van der Waals surface area contributed by atoms with E-state index in [2.05, 4.69) is 19.9 Å². The Balaban J connectivity index is 1.84. The molecule has 104 valence electrons. The quantitative estimate of drug-likeness (QED) is 0.722. The highest BCUT2D eigenvalue weighted by atomic mass is 16.1. The Morgan fingerprint density at radius 1 is 1.40 bits per heavy atom. The maximum atomic E-state index is 12.0. The summed E-state index contributed by atoms with van der Waals surface area (Å²) in [7, 11) is 3.65. The lowest BCUT2D eigenvalue weighted by molar-refractivity contribution is 0.675. The predicted molar refractivity (Wildman–Crippen MR) is 74.6 cm³/mol. The third-order valence-electron chi connectivity index (χ3n) is 3.18. The summed E-state index contributed by atoms with van der Waals surface area (Å²) in [5.41, 5.74) is 0.761. The van der Waals surface area contributed by atoms with E-state index < -0.39 is 0 Å². The summed E-state index contributed by atoms with van der Waals surface area (Å²) >= 11 is 0. The molecular weight excluding hydrogens is 258 g/mol. The van der Waals surface area contributed by atoms with Gasteiger partial charge >= 0.3 is 0 Å². The van der Waals surface area contributed by atoms with Crippen LogP contribution in [0.1, 0.15) is 0 Å². The van der Waals surface area contributed by atoms with Crippen LogP contribution in [0.2, 0.25) is 0 Å². The van der Waals surface area contributed by atoms with Gasteiger partial charge in [-0.25, -0.2) is 9.97 Å². The Bertz CT molecular complexity index is 771. The number of imidazole rings is 2. The minimum absolute atomic E-state index is 0.181. The molecule has 3 aromatic rings. The largest absolute Gasteiger partial charge is 0.344 e. The fourth-order valence-electron chi connectivity index (χ4n) is 2.02. The third kappa shape index (κ3) is 2.15. The summed E-state index contributed by atoms with van der Waals surface area (Å²) in [6.07, 6.45) is 6.97. The van der Waals surface area contributed by atoms with Gasteiger partial charge in [-0.3, -0.25) is 9.78 Å². The van der Waals surface area contributed by atoms with Gasteiger partial charge in [0.1, 0.15) is 0 Å². The van der Waals surface area contributed by atoms with Gasteiger partial charge in [0.05, 0.1) is 12.7 Å². The fraction of sp³-hybridized carbons (Fsp3) is 0.333. The number of fused-ring (bicyclic) bond motifs is 1. The lowest BCUT2D eigenvalue weighted by Gasteiger charge is -2.17. The molecule has 3 heterocycles. The topological polar surface area (TPSA) is 84.6 Å². The highest BCUT2D eigenvalue weighted by Gasteiger charge is 2.11. The van der Waals surface area contributed by atoms with Gasteiger partial charge in [-0.15, -0.1) is 0 Å². The van der Waals surface area contributed by atoms with E-state index >= 15 is 0 Å². The number of aromatic nitrogens is 6. The van der Waals surface area contributed by atoms with E-state index in [4.69, 9.17) is 0 Å². The van der Waals surface area contributed by atoms with Gasteiger partial charge < -0.3 is 14.0 Å². The van der Waals surface area contributed by atoms with Crippen LogP contribution in [0.25, 0.3) is 11.2 Å². The highest BCUT2D eigenvalue weighted by molar-refractivity contribution is 5.70. The summed E-state index contributed by atoms with van der Waals surface area (Å²) in [4.78, 5) is 29.2. The molecule has 0 spiro atoms. The highest BCUT2D eigenvalue weighted by Crippen LogP contribution is 2.08. The first-order valence-electron chi connectivity index (χ1n) is 6.23. The minimum Gasteiger partial charge on any atom is -0.344 e. The molecule has 0 bridgehead atoms. The van der Waals surface area contributed by atoms with Gasteiger partial charge in [0.15, 0.2) is 11.2 Å². The van der Waals surface area contributed by atoms with E-state index in [1.54, 1.807) is 30.5 Å². The van der Waals surface area contributed by atoms with E-state index in [1.807, 2.05) is 22.7 Å². The van der Waals surface area contributed by atoms with Crippen molar-refractivity contribution in [1.82, 2.24) is 29.1 Å². The number of anilines is 1. The molecule has 8 heteroatoms. The van der Waals surface area contributed by atoms with Crippen LogP contribution in [0.15, 0.2) is 29.8 Å². The fourth-order valence-corrected chi connectivity index (χ4v) is 2.02. The molecule has 1 N–H and O–H groups in total. The SMILES string of the molecule is CN(CCn1ccnc1)c1nc2ncn(C)c2c(=O)[nH]1. The molecule has 0 aromatic carbocycles. The van der Waals surface area contributed by atoms with Crippen molar-refractivity contribution in [3.8, 4) is 0 Å². The molecule has 0 radical (unpaired) electrons. The number of nitrogens with zero attached hydrogens (tertiary/aromatic N) is 6. The molecule has 0 aliphatic carbocycles. The van der Waals surface area contributed by atoms with Crippen molar-refractivity contribution in [2.45, 2.75) is 6.54 Å². The van der Waals surface area contributed by atoms with Crippen LogP contribution in [0, 0.1) is 0 Å². The van der Waals surface area contributed by atoms with Gasteiger partial charge in [0.25, 0.3) is 5.56 Å². The van der Waals surface area contributed by atoms with Crippen molar-refractivity contribution < 1.29 is 0 Å². The third-order valence-corrected chi connectivity index (χ3v) is 3.18. The molecule has 20 heavy (non-hydrogen) atoms. The number of likely N-dealkylation sites (N-methyl/N-ethyl adjacent to an activating group) is 1. The molecule has 0 atom stereocenters. The first-order chi connectivity index (χ1) is 9.65. The Labute approximate surface area is 114 Å². The number of aryl methyl sites for hydroxylation is 1. The van der Waals surface area contributed by atoms with Crippen molar-refractivity contribution in [2.75, 3.05) is 18.5 Å². The zero-order chi connectivity index (χ0) is 14.1. The first kappa shape index (κ1) is 12.4. The van der Waals surface area contributed by atoms with E-state index in [-0.39, 0.29) is 5.56 Å². The smallest absolute Gasteiger partial charge is 0.278 e. The van der Waals surface area contributed by atoms with Gasteiger partial charge in [-0.1, -0.05) is 0 Å². The number of rotatable bonds is 4. The molecule has 3 aromatic heterocycles. The molecule has 0 saturated heterocycles. The molecule has 0 fully saturated rings. The summed E-state index contributed by atoms with van der Waals surface area (Å²) in [6, 6.07) is 0. The molecule has 0 amide bonds. The molecule has 0 aliphatic rings. The van der Waals surface area contributed by atoms with E-state index in [0.29, 0.717) is 23.7 Å². The van der Waals surface area contributed by atoms with Crippen LogP contribution in [0.3, 0.4) is 0 Å². The van der Waals surface area contributed by atoms with Crippen LogP contribution in [-0.2, 0) is 13.6 Å². The van der Waals surface area contributed by atoms with Crippen molar-refractivity contribution in [2.24, 2.45) is 7.05 Å². The molecule has 8 nitrogen and oxygen atoms in total. The lowest BCUT2D eigenvalue weighted by Crippen LogP contribution is -2.27. The van der Waals surface area contributed by atoms with Crippen LogP contribution in [-0.4, -0.2) is 42.7 Å². The Kier molecular flexibility index (Phi) is 2.97. The second kappa shape index (κ2) is 4.80. The first-order valence-corrected chi connectivity index (χ1v) is 6.23. The maximum Gasteiger partial charge on any atom is 0.278 e. The molecule has 0 unspecified atom stereocenters. The maximum absolute atomic E-state index is 12.0. The van der Waals surface area contributed by atoms with Crippen LogP contribution in [0.5, 0.6) is 0 Å². The molecule has 0 saturated carbocycles. The Morgan fingerprint density at radius 3 is 3.00 bits per heavy atom. The minimum atomic E-state index is -0.181. The van der Waals surface area contributed by atoms with Crippen molar-refractivity contribution in [1.29, 1.82) is 0 Å². The van der Waals surface area contributed by atoms with Gasteiger partial charge in [-0.2, -0.15) is 4.98 Å². The van der Waals surface area contributed by atoms with Crippen LogP contribution in [0.4, 0.5) is 5.95 Å². The zero-order valence-electron chi connectivity index (χ0n) is 11.3. The number of nitrogens with one attached hydrogen (secondary N) is 1. The molecular formula is C12H15N7O. The average Bonchev–Trinajstić information content (AvgIpc) is 3.06. The van der Waals surface area contributed by atoms with Gasteiger partial charge in [0, 0.05) is 39.6 Å². The van der Waals surface area contributed by atoms with Crippen molar-refractivity contribution in [3.63, 3.8) is 0 Å². The Hall–Kier alpha value is -2.64. The second-order valence-electron chi connectivity index (χ2n) is 4.64. The van der Waals surface area contributed by atoms with E-state index in [0.717, 1.165) is 6.54 Å².